The van der Waals surface area contributed by atoms with Crippen LogP contribution in [0.3, 0.4) is 0 Å². The molecule has 0 amide bonds. The Hall–Kier alpha value is -1.70. The van der Waals surface area contributed by atoms with Crippen LogP contribution in [0, 0.1) is 0 Å². The summed E-state index contributed by atoms with van der Waals surface area (Å²) in [6.07, 6.45) is 4.38. The monoisotopic (exact) mass is 324 g/mol. The Morgan fingerprint density at radius 2 is 1.33 bits per heavy atom. The lowest BCUT2D eigenvalue weighted by Gasteiger charge is -2.17. The topological polar surface area (TPSA) is 25.8 Å². The first-order valence-corrected chi connectivity index (χ1v) is 9.31. The third kappa shape index (κ3) is 4.90. The Bertz CT molecular complexity index is 629. The Morgan fingerprint density at radius 1 is 0.708 bits per heavy atom. The second-order valence-corrected chi connectivity index (χ2v) is 7.69. The molecular weight excluding hydrogens is 292 g/mol. The maximum absolute atomic E-state index is 4.84. The minimum Gasteiger partial charge on any atom is -0.261 e. The molecule has 0 N–H and O–H groups in total. The summed E-state index contributed by atoms with van der Waals surface area (Å²) < 4.78 is 0. The molecule has 24 heavy (non-hydrogen) atoms. The molecule has 2 atom stereocenters. The first-order chi connectivity index (χ1) is 11.4. The summed E-state index contributed by atoms with van der Waals surface area (Å²) in [5, 5.41) is 0. The average molecular weight is 325 g/mol. The molecule has 0 spiro atoms. The predicted molar refractivity (Wildman–Crippen MR) is 103 cm³/mol. The molecule has 0 aliphatic heterocycles. The summed E-state index contributed by atoms with van der Waals surface area (Å²) in [5.41, 5.74) is 4.94. The van der Waals surface area contributed by atoms with E-state index in [2.05, 4.69) is 83.1 Å². The van der Waals surface area contributed by atoms with Gasteiger partial charge in [-0.2, -0.15) is 0 Å². The molecule has 0 bridgehead atoms. The first-order valence-electron chi connectivity index (χ1n) is 9.31. The maximum Gasteiger partial charge on any atom is 0.0435 e. The van der Waals surface area contributed by atoms with Gasteiger partial charge >= 0.3 is 0 Å². The number of pyridine rings is 2. The van der Waals surface area contributed by atoms with Crippen LogP contribution in [-0.4, -0.2) is 9.97 Å². The Morgan fingerprint density at radius 3 is 1.92 bits per heavy atom. The second kappa shape index (κ2) is 8.41. The van der Waals surface area contributed by atoms with Gasteiger partial charge in [0.05, 0.1) is 0 Å². The average Bonchev–Trinajstić information content (AvgIpc) is 2.59. The summed E-state index contributed by atoms with van der Waals surface area (Å²) in [7, 11) is 0. The molecule has 0 saturated heterocycles. The second-order valence-electron chi connectivity index (χ2n) is 7.69. The fourth-order valence-corrected chi connectivity index (χ4v) is 2.93. The predicted octanol–water partition coefficient (Wildman–Crippen LogP) is 6.41. The smallest absolute Gasteiger partial charge is 0.0435 e. The van der Waals surface area contributed by atoms with Gasteiger partial charge in [0.15, 0.2) is 0 Å². The zero-order valence-corrected chi connectivity index (χ0v) is 16.1. The number of hydrogen-bond donors (Lipinski definition) is 0. The van der Waals surface area contributed by atoms with E-state index in [0.717, 1.165) is 12.8 Å². The van der Waals surface area contributed by atoms with Crippen molar-refractivity contribution in [3.8, 4) is 0 Å². The highest BCUT2D eigenvalue weighted by Crippen LogP contribution is 2.27. The highest BCUT2D eigenvalue weighted by molar-refractivity contribution is 5.20. The molecule has 2 aromatic rings. The van der Waals surface area contributed by atoms with Crippen LogP contribution in [0.1, 0.15) is 101 Å². The minimum absolute atomic E-state index is 0.488. The van der Waals surface area contributed by atoms with E-state index in [1.807, 2.05) is 0 Å². The quantitative estimate of drug-likeness (QED) is 0.588. The number of rotatable bonds is 7. The van der Waals surface area contributed by atoms with Crippen molar-refractivity contribution in [2.75, 3.05) is 0 Å². The minimum atomic E-state index is 0.488. The van der Waals surface area contributed by atoms with Crippen LogP contribution in [-0.2, 0) is 0 Å². The van der Waals surface area contributed by atoms with E-state index in [4.69, 9.17) is 4.98 Å². The molecule has 0 aliphatic rings. The van der Waals surface area contributed by atoms with Gasteiger partial charge in [0.25, 0.3) is 0 Å². The zero-order valence-electron chi connectivity index (χ0n) is 16.1. The molecule has 0 saturated carbocycles. The van der Waals surface area contributed by atoms with Gasteiger partial charge in [-0.25, -0.2) is 0 Å². The van der Waals surface area contributed by atoms with E-state index in [9.17, 15) is 0 Å². The first kappa shape index (κ1) is 18.6. The van der Waals surface area contributed by atoms with Crippen LogP contribution in [0.25, 0.3) is 0 Å². The Labute approximate surface area is 147 Å². The van der Waals surface area contributed by atoms with Crippen molar-refractivity contribution in [3.05, 3.63) is 59.2 Å². The summed E-state index contributed by atoms with van der Waals surface area (Å²) in [5.74, 6) is 2.01. The Balaban J connectivity index is 1.95. The number of nitrogens with zero attached hydrogens (tertiary/aromatic N) is 2. The molecule has 0 aliphatic carbocycles. The van der Waals surface area contributed by atoms with Crippen molar-refractivity contribution in [1.82, 2.24) is 9.97 Å². The lowest BCUT2D eigenvalue weighted by Crippen LogP contribution is -2.04. The molecule has 2 nitrogen and oxygen atoms in total. The van der Waals surface area contributed by atoms with Gasteiger partial charge in [0.2, 0.25) is 0 Å². The highest BCUT2D eigenvalue weighted by Gasteiger charge is 2.13. The molecule has 130 valence electrons. The third-order valence-electron chi connectivity index (χ3n) is 4.89. The molecule has 2 heterocycles. The number of aromatic nitrogens is 2. The molecule has 0 fully saturated rings. The van der Waals surface area contributed by atoms with Gasteiger partial charge in [-0.1, -0.05) is 53.7 Å². The van der Waals surface area contributed by atoms with Crippen LogP contribution in [0.4, 0.5) is 0 Å². The van der Waals surface area contributed by atoms with E-state index >= 15 is 0 Å². The standard InChI is InChI=1S/C22H32N2/c1-15(2)20-13-12-19(14-23-20)17(5)10-11-18(6)22-9-7-8-21(24-22)16(3)4/h7-9,12-18H,10-11H2,1-6H3. The van der Waals surface area contributed by atoms with Gasteiger partial charge in [-0.3, -0.25) is 9.97 Å². The normalized spacial score (nSPS) is 14.2. The molecule has 2 aromatic heterocycles. The third-order valence-corrected chi connectivity index (χ3v) is 4.89. The van der Waals surface area contributed by atoms with Crippen LogP contribution in [0.15, 0.2) is 36.5 Å². The van der Waals surface area contributed by atoms with Gasteiger partial charge in [-0.15, -0.1) is 0 Å². The van der Waals surface area contributed by atoms with Gasteiger partial charge in [-0.05, 0) is 60.3 Å². The Kier molecular flexibility index (Phi) is 6.53. The molecule has 0 aromatic carbocycles. The summed E-state index contributed by atoms with van der Waals surface area (Å²) in [4.78, 5) is 9.44. The van der Waals surface area contributed by atoms with Crippen LogP contribution in [0.2, 0.25) is 0 Å². The van der Waals surface area contributed by atoms with Crippen molar-refractivity contribution in [1.29, 1.82) is 0 Å². The van der Waals surface area contributed by atoms with Gasteiger partial charge in [0.1, 0.15) is 0 Å². The van der Waals surface area contributed by atoms with Crippen molar-refractivity contribution < 1.29 is 0 Å². The SMILES string of the molecule is CC(C)c1ccc(C(C)CCC(C)c2cccc(C(C)C)n2)cn1. The maximum atomic E-state index is 4.84. The summed E-state index contributed by atoms with van der Waals surface area (Å²) >= 11 is 0. The fraction of sp³-hybridized carbons (Fsp3) is 0.545. The van der Waals surface area contributed by atoms with Gasteiger partial charge in [0, 0.05) is 23.3 Å². The molecule has 2 rings (SSSR count). The van der Waals surface area contributed by atoms with Crippen molar-refractivity contribution in [2.45, 2.75) is 78.1 Å². The lowest BCUT2D eigenvalue weighted by atomic mass is 9.91. The molecule has 2 unspecified atom stereocenters. The van der Waals surface area contributed by atoms with E-state index in [1.54, 1.807) is 0 Å². The van der Waals surface area contributed by atoms with Gasteiger partial charge < -0.3 is 0 Å². The summed E-state index contributed by atoms with van der Waals surface area (Å²) in [6.45, 7) is 13.4. The molecular formula is C22H32N2. The molecule has 2 heteroatoms. The highest BCUT2D eigenvalue weighted by atomic mass is 14.7. The van der Waals surface area contributed by atoms with E-state index in [0.29, 0.717) is 23.7 Å². The van der Waals surface area contributed by atoms with Crippen LogP contribution < -0.4 is 0 Å². The number of hydrogen-bond acceptors (Lipinski definition) is 2. The van der Waals surface area contributed by atoms with E-state index < -0.39 is 0 Å². The lowest BCUT2D eigenvalue weighted by molar-refractivity contribution is 0.561. The molecule has 0 radical (unpaired) electrons. The fourth-order valence-electron chi connectivity index (χ4n) is 2.93. The zero-order chi connectivity index (χ0) is 17.7. The van der Waals surface area contributed by atoms with Crippen molar-refractivity contribution in [3.63, 3.8) is 0 Å². The van der Waals surface area contributed by atoms with Crippen molar-refractivity contribution in [2.24, 2.45) is 0 Å². The van der Waals surface area contributed by atoms with E-state index in [-0.39, 0.29) is 0 Å². The van der Waals surface area contributed by atoms with Crippen LogP contribution >= 0.6 is 0 Å². The van der Waals surface area contributed by atoms with E-state index in [1.165, 1.54) is 22.6 Å². The van der Waals surface area contributed by atoms with Crippen LogP contribution in [0.5, 0.6) is 0 Å². The van der Waals surface area contributed by atoms with Crippen molar-refractivity contribution >= 4 is 0 Å². The largest absolute Gasteiger partial charge is 0.261 e. The summed E-state index contributed by atoms with van der Waals surface area (Å²) in [6, 6.07) is 10.9.